The first-order chi connectivity index (χ1) is 9.95. The van der Waals surface area contributed by atoms with Crippen molar-refractivity contribution < 1.29 is 4.74 Å². The predicted molar refractivity (Wildman–Crippen MR) is 91.6 cm³/mol. The maximum Gasteiger partial charge on any atom is 0.123 e. The van der Waals surface area contributed by atoms with E-state index in [0.29, 0.717) is 0 Å². The van der Waals surface area contributed by atoms with Crippen molar-refractivity contribution in [3.63, 3.8) is 0 Å². The molecule has 3 nitrogen and oxygen atoms in total. The monoisotopic (exact) mass is 284 g/mol. The molecular weight excluding hydrogens is 260 g/mol. The Hall–Kier alpha value is -2.03. The van der Waals surface area contributed by atoms with Crippen LogP contribution in [0.25, 0.3) is 11.8 Å². The fourth-order valence-corrected chi connectivity index (χ4v) is 2.36. The van der Waals surface area contributed by atoms with Crippen molar-refractivity contribution in [3.05, 3.63) is 42.0 Å². The molecule has 0 amide bonds. The van der Waals surface area contributed by atoms with Gasteiger partial charge in [0.2, 0.25) is 0 Å². The summed E-state index contributed by atoms with van der Waals surface area (Å²) in [6.45, 7) is 10.1. The lowest BCUT2D eigenvalue weighted by Gasteiger charge is -2.31. The second-order valence-electron chi connectivity index (χ2n) is 5.91. The van der Waals surface area contributed by atoms with Crippen LogP contribution in [0.15, 0.2) is 35.8 Å². The fraction of sp³-hybridized carbons (Fsp3) is 0.389. The van der Waals surface area contributed by atoms with Crippen molar-refractivity contribution in [3.8, 4) is 0 Å². The summed E-state index contributed by atoms with van der Waals surface area (Å²) >= 11 is 0. The van der Waals surface area contributed by atoms with Gasteiger partial charge in [0.05, 0.1) is 5.84 Å². The highest BCUT2D eigenvalue weighted by Gasteiger charge is 2.24. The van der Waals surface area contributed by atoms with Gasteiger partial charge in [-0.05, 0) is 51.3 Å². The quantitative estimate of drug-likeness (QED) is 0.643. The van der Waals surface area contributed by atoms with Crippen LogP contribution in [0.5, 0.6) is 0 Å². The standard InChI is InChI=1S/C18H24N2O/c1-6-14-9-10-15(12-16(14)20-13(2)19-5)17-8-7-11-18(3,4)21-17/h6,8-10,12H,1,7,11H2,2-5H3,(H,19,20). The first kappa shape index (κ1) is 15.4. The molecule has 0 fully saturated rings. The molecule has 1 aliphatic heterocycles. The number of hydrogen-bond acceptors (Lipinski definition) is 2. The molecule has 1 aliphatic rings. The molecule has 0 spiro atoms. The van der Waals surface area contributed by atoms with Gasteiger partial charge >= 0.3 is 0 Å². The third-order valence-corrected chi connectivity index (χ3v) is 3.67. The summed E-state index contributed by atoms with van der Waals surface area (Å²) in [7, 11) is 1.77. The van der Waals surface area contributed by atoms with Gasteiger partial charge in [-0.15, -0.1) is 0 Å². The predicted octanol–water partition coefficient (Wildman–Crippen LogP) is 4.72. The SMILES string of the molecule is C=Cc1ccc(C2=CCCC(C)(C)O2)cc1NC(C)=NC. The third-order valence-electron chi connectivity index (χ3n) is 3.67. The molecule has 0 atom stereocenters. The Balaban J connectivity index is 2.35. The number of aliphatic imine (C=N–C) groups is 1. The molecule has 0 bridgehead atoms. The van der Waals surface area contributed by atoms with Crippen molar-refractivity contribution in [1.82, 2.24) is 0 Å². The molecular formula is C18H24N2O. The van der Waals surface area contributed by atoms with E-state index < -0.39 is 0 Å². The molecule has 21 heavy (non-hydrogen) atoms. The zero-order chi connectivity index (χ0) is 15.5. The number of benzene rings is 1. The second-order valence-corrected chi connectivity index (χ2v) is 5.91. The normalized spacial score (nSPS) is 17.7. The minimum Gasteiger partial charge on any atom is -0.488 e. The first-order valence-corrected chi connectivity index (χ1v) is 7.31. The molecule has 3 heteroatoms. The zero-order valence-electron chi connectivity index (χ0n) is 13.4. The lowest BCUT2D eigenvalue weighted by molar-refractivity contribution is 0.0594. The smallest absolute Gasteiger partial charge is 0.123 e. The molecule has 1 heterocycles. The molecule has 0 saturated carbocycles. The molecule has 0 aromatic heterocycles. The van der Waals surface area contributed by atoms with Gasteiger partial charge in [-0.1, -0.05) is 24.8 Å². The fourth-order valence-electron chi connectivity index (χ4n) is 2.36. The summed E-state index contributed by atoms with van der Waals surface area (Å²) < 4.78 is 6.10. The van der Waals surface area contributed by atoms with E-state index in [1.807, 2.05) is 13.0 Å². The number of hydrogen-bond donors (Lipinski definition) is 1. The number of nitrogens with zero attached hydrogens (tertiary/aromatic N) is 1. The summed E-state index contributed by atoms with van der Waals surface area (Å²) in [5.74, 6) is 1.82. The number of nitrogens with one attached hydrogen (secondary N) is 1. The third kappa shape index (κ3) is 3.75. The topological polar surface area (TPSA) is 33.6 Å². The molecule has 112 valence electrons. The van der Waals surface area contributed by atoms with Crippen molar-refractivity contribution in [1.29, 1.82) is 0 Å². The maximum absolute atomic E-state index is 6.10. The highest BCUT2D eigenvalue weighted by Crippen LogP contribution is 2.33. The molecule has 0 aliphatic carbocycles. The number of anilines is 1. The second kappa shape index (κ2) is 6.17. The summed E-state index contributed by atoms with van der Waals surface area (Å²) in [5.41, 5.74) is 3.03. The highest BCUT2D eigenvalue weighted by atomic mass is 16.5. The van der Waals surface area contributed by atoms with E-state index in [-0.39, 0.29) is 5.60 Å². The van der Waals surface area contributed by atoms with E-state index >= 15 is 0 Å². The van der Waals surface area contributed by atoms with Crippen LogP contribution >= 0.6 is 0 Å². The van der Waals surface area contributed by atoms with E-state index in [9.17, 15) is 0 Å². The van der Waals surface area contributed by atoms with E-state index in [4.69, 9.17) is 4.74 Å². The highest BCUT2D eigenvalue weighted by molar-refractivity contribution is 5.95. The van der Waals surface area contributed by atoms with Crippen LogP contribution < -0.4 is 5.32 Å². The lowest BCUT2D eigenvalue weighted by atomic mass is 9.97. The van der Waals surface area contributed by atoms with Gasteiger partial charge in [-0.2, -0.15) is 0 Å². The molecule has 0 unspecified atom stereocenters. The van der Waals surface area contributed by atoms with Crippen molar-refractivity contribution in [2.24, 2.45) is 4.99 Å². The maximum atomic E-state index is 6.10. The molecule has 1 N–H and O–H groups in total. The van der Waals surface area contributed by atoms with Gasteiger partial charge < -0.3 is 10.1 Å². The summed E-state index contributed by atoms with van der Waals surface area (Å²) in [4.78, 5) is 4.15. The van der Waals surface area contributed by atoms with Gasteiger partial charge in [0, 0.05) is 18.3 Å². The minimum atomic E-state index is -0.102. The Bertz CT molecular complexity index is 597. The van der Waals surface area contributed by atoms with Crippen LogP contribution in [0.4, 0.5) is 5.69 Å². The Kier molecular flexibility index (Phi) is 4.51. The van der Waals surface area contributed by atoms with Crippen molar-refractivity contribution in [2.75, 3.05) is 12.4 Å². The van der Waals surface area contributed by atoms with Crippen LogP contribution in [0.2, 0.25) is 0 Å². The van der Waals surface area contributed by atoms with E-state index in [1.54, 1.807) is 7.05 Å². The Morgan fingerprint density at radius 2 is 2.19 bits per heavy atom. The number of allylic oxidation sites excluding steroid dienone is 1. The number of amidine groups is 1. The van der Waals surface area contributed by atoms with Crippen molar-refractivity contribution in [2.45, 2.75) is 39.2 Å². The summed E-state index contributed by atoms with van der Waals surface area (Å²) in [5, 5.41) is 3.31. The van der Waals surface area contributed by atoms with E-state index in [2.05, 4.69) is 55.0 Å². The van der Waals surface area contributed by atoms with Gasteiger partial charge in [0.1, 0.15) is 11.4 Å². The van der Waals surface area contributed by atoms with E-state index in [0.717, 1.165) is 41.3 Å². The molecule has 1 aromatic carbocycles. The summed E-state index contributed by atoms with van der Waals surface area (Å²) in [6, 6.07) is 6.23. The lowest BCUT2D eigenvalue weighted by Crippen LogP contribution is -2.26. The van der Waals surface area contributed by atoms with Gasteiger partial charge in [-0.3, -0.25) is 4.99 Å². The molecule has 0 radical (unpaired) electrons. The van der Waals surface area contributed by atoms with Gasteiger partial charge in [0.15, 0.2) is 0 Å². The first-order valence-electron chi connectivity index (χ1n) is 7.31. The minimum absolute atomic E-state index is 0.102. The average Bonchev–Trinajstić information content (AvgIpc) is 2.46. The Morgan fingerprint density at radius 1 is 1.43 bits per heavy atom. The Labute approximate surface area is 127 Å². The molecule has 1 aromatic rings. The van der Waals surface area contributed by atoms with Gasteiger partial charge in [0.25, 0.3) is 0 Å². The molecule has 2 rings (SSSR count). The van der Waals surface area contributed by atoms with Crippen LogP contribution in [0, 0.1) is 0 Å². The van der Waals surface area contributed by atoms with E-state index in [1.165, 1.54) is 0 Å². The zero-order valence-corrected chi connectivity index (χ0v) is 13.4. The number of ether oxygens (including phenoxy) is 1. The summed E-state index contributed by atoms with van der Waals surface area (Å²) in [6.07, 6.45) is 6.10. The van der Waals surface area contributed by atoms with Crippen LogP contribution in [-0.2, 0) is 4.74 Å². The van der Waals surface area contributed by atoms with Gasteiger partial charge in [-0.25, -0.2) is 0 Å². The van der Waals surface area contributed by atoms with Crippen LogP contribution in [0.1, 0.15) is 44.7 Å². The average molecular weight is 284 g/mol. The van der Waals surface area contributed by atoms with Crippen LogP contribution in [0.3, 0.4) is 0 Å². The Morgan fingerprint density at radius 3 is 2.81 bits per heavy atom. The van der Waals surface area contributed by atoms with Crippen LogP contribution in [-0.4, -0.2) is 18.5 Å². The number of rotatable bonds is 3. The van der Waals surface area contributed by atoms with Crippen molar-refractivity contribution >= 4 is 23.4 Å². The molecule has 0 saturated heterocycles. The largest absolute Gasteiger partial charge is 0.488 e.